The van der Waals surface area contributed by atoms with Crippen molar-refractivity contribution in [2.45, 2.75) is 0 Å². The predicted octanol–water partition coefficient (Wildman–Crippen LogP) is 1.59. The summed E-state index contributed by atoms with van der Waals surface area (Å²) in [5.74, 6) is 0.335. The van der Waals surface area contributed by atoms with Crippen LogP contribution >= 0.6 is 0 Å². The minimum absolute atomic E-state index is 0.281. The summed E-state index contributed by atoms with van der Waals surface area (Å²) >= 11 is 0. The molecule has 0 bridgehead atoms. The minimum atomic E-state index is -0.441. The maximum atomic E-state index is 13.3. The number of fused-ring (bicyclic) bond motifs is 1. The number of H-pyrrole nitrogens is 1. The maximum absolute atomic E-state index is 13.3. The van der Waals surface area contributed by atoms with E-state index in [-0.39, 0.29) is 11.4 Å². The molecule has 0 radical (unpaired) electrons. The number of aromatic amines is 1. The SMILES string of the molecule is CN(C)c1nccc(-c2nc3cc(F)ccc3c(=O)[nH]2)n1. The summed E-state index contributed by atoms with van der Waals surface area (Å²) in [6.45, 7) is 0. The van der Waals surface area contributed by atoms with Crippen LogP contribution in [0, 0.1) is 5.82 Å². The zero-order valence-electron chi connectivity index (χ0n) is 11.5. The molecule has 3 rings (SSSR count). The molecule has 1 N–H and O–H groups in total. The third-order valence-electron chi connectivity index (χ3n) is 2.95. The standard InChI is InChI=1S/C14H12FN5O/c1-20(2)14-16-6-5-10(18-14)12-17-11-7-8(15)3-4-9(11)13(21)19-12/h3-7H,1-2H3,(H,17,19,21). The Hall–Kier alpha value is -2.83. The highest BCUT2D eigenvalue weighted by Crippen LogP contribution is 2.16. The molecular weight excluding hydrogens is 273 g/mol. The molecule has 0 aliphatic rings. The molecule has 7 heteroatoms. The molecule has 106 valence electrons. The molecule has 3 aromatic rings. The zero-order valence-corrected chi connectivity index (χ0v) is 11.5. The predicted molar refractivity (Wildman–Crippen MR) is 77.7 cm³/mol. The van der Waals surface area contributed by atoms with E-state index < -0.39 is 5.82 Å². The van der Waals surface area contributed by atoms with Gasteiger partial charge in [0, 0.05) is 26.4 Å². The smallest absolute Gasteiger partial charge is 0.259 e. The minimum Gasteiger partial charge on any atom is -0.347 e. The molecule has 1 aromatic carbocycles. The number of rotatable bonds is 2. The number of benzene rings is 1. The van der Waals surface area contributed by atoms with Crippen molar-refractivity contribution < 1.29 is 4.39 Å². The maximum Gasteiger partial charge on any atom is 0.259 e. The van der Waals surface area contributed by atoms with Crippen LogP contribution in [0.4, 0.5) is 10.3 Å². The second-order valence-corrected chi connectivity index (χ2v) is 4.71. The normalized spacial score (nSPS) is 10.8. The number of halogens is 1. The highest BCUT2D eigenvalue weighted by atomic mass is 19.1. The van der Waals surface area contributed by atoms with Crippen LogP contribution < -0.4 is 10.5 Å². The van der Waals surface area contributed by atoms with Gasteiger partial charge in [-0.3, -0.25) is 4.79 Å². The molecule has 2 aromatic heterocycles. The first-order valence-electron chi connectivity index (χ1n) is 6.25. The molecule has 0 spiro atoms. The molecule has 0 saturated heterocycles. The van der Waals surface area contributed by atoms with Crippen LogP contribution in [-0.2, 0) is 0 Å². The van der Waals surface area contributed by atoms with Gasteiger partial charge in [-0.05, 0) is 18.2 Å². The van der Waals surface area contributed by atoms with Crippen molar-refractivity contribution in [3.8, 4) is 11.5 Å². The van der Waals surface area contributed by atoms with Crippen LogP contribution in [0.5, 0.6) is 0 Å². The van der Waals surface area contributed by atoms with Gasteiger partial charge in [-0.2, -0.15) is 0 Å². The largest absolute Gasteiger partial charge is 0.347 e. The first kappa shape index (κ1) is 13.2. The molecule has 0 fully saturated rings. The van der Waals surface area contributed by atoms with Crippen LogP contribution in [0.3, 0.4) is 0 Å². The third-order valence-corrected chi connectivity index (χ3v) is 2.95. The Bertz CT molecular complexity index is 875. The van der Waals surface area contributed by atoms with E-state index in [9.17, 15) is 9.18 Å². The summed E-state index contributed by atoms with van der Waals surface area (Å²) < 4.78 is 13.3. The fourth-order valence-electron chi connectivity index (χ4n) is 1.93. The molecule has 0 aliphatic carbocycles. The monoisotopic (exact) mass is 285 g/mol. The first-order valence-corrected chi connectivity index (χ1v) is 6.25. The Balaban J connectivity index is 2.21. The molecule has 0 unspecified atom stereocenters. The molecule has 0 aliphatic heterocycles. The van der Waals surface area contributed by atoms with Gasteiger partial charge in [0.1, 0.15) is 11.5 Å². The van der Waals surface area contributed by atoms with Crippen molar-refractivity contribution in [3.63, 3.8) is 0 Å². The molecule has 2 heterocycles. The molecule has 0 atom stereocenters. The summed E-state index contributed by atoms with van der Waals surface area (Å²) in [5, 5.41) is 0.335. The van der Waals surface area contributed by atoms with Gasteiger partial charge in [-0.1, -0.05) is 0 Å². The quantitative estimate of drug-likeness (QED) is 0.774. The molecule has 6 nitrogen and oxygen atoms in total. The van der Waals surface area contributed by atoms with E-state index in [2.05, 4.69) is 19.9 Å². The second kappa shape index (κ2) is 4.93. The van der Waals surface area contributed by atoms with Gasteiger partial charge < -0.3 is 9.88 Å². The van der Waals surface area contributed by atoms with Crippen molar-refractivity contribution in [1.82, 2.24) is 19.9 Å². The van der Waals surface area contributed by atoms with Crippen LogP contribution in [0.25, 0.3) is 22.4 Å². The Morgan fingerprint density at radius 3 is 2.76 bits per heavy atom. The Morgan fingerprint density at radius 2 is 2.00 bits per heavy atom. The van der Waals surface area contributed by atoms with Crippen LogP contribution in [0.2, 0.25) is 0 Å². The van der Waals surface area contributed by atoms with Gasteiger partial charge in [0.05, 0.1) is 10.9 Å². The van der Waals surface area contributed by atoms with E-state index in [1.165, 1.54) is 18.2 Å². The first-order chi connectivity index (χ1) is 10.0. The molecular formula is C14H12FN5O. The van der Waals surface area contributed by atoms with E-state index in [1.54, 1.807) is 17.2 Å². The lowest BCUT2D eigenvalue weighted by Crippen LogP contribution is -2.14. The summed E-state index contributed by atoms with van der Waals surface area (Å²) in [6.07, 6.45) is 1.58. The summed E-state index contributed by atoms with van der Waals surface area (Å²) in [5.41, 5.74) is 0.427. The summed E-state index contributed by atoms with van der Waals surface area (Å²) in [4.78, 5) is 29.1. The second-order valence-electron chi connectivity index (χ2n) is 4.71. The van der Waals surface area contributed by atoms with E-state index in [4.69, 9.17) is 0 Å². The van der Waals surface area contributed by atoms with Gasteiger partial charge in [0.25, 0.3) is 5.56 Å². The lowest BCUT2D eigenvalue weighted by Gasteiger charge is -2.10. The van der Waals surface area contributed by atoms with E-state index in [0.29, 0.717) is 22.5 Å². The Morgan fingerprint density at radius 1 is 1.19 bits per heavy atom. The van der Waals surface area contributed by atoms with E-state index >= 15 is 0 Å². The number of aromatic nitrogens is 4. The average Bonchev–Trinajstić information content (AvgIpc) is 2.46. The van der Waals surface area contributed by atoms with Crippen molar-refractivity contribution in [2.24, 2.45) is 0 Å². The van der Waals surface area contributed by atoms with Gasteiger partial charge in [0.2, 0.25) is 5.95 Å². The van der Waals surface area contributed by atoms with Crippen LogP contribution in [-0.4, -0.2) is 34.0 Å². The zero-order chi connectivity index (χ0) is 15.0. The summed E-state index contributed by atoms with van der Waals surface area (Å²) in [7, 11) is 3.62. The van der Waals surface area contributed by atoms with Gasteiger partial charge in [-0.25, -0.2) is 19.3 Å². The number of anilines is 1. The highest BCUT2D eigenvalue weighted by molar-refractivity contribution is 5.79. The molecule has 0 saturated carbocycles. The van der Waals surface area contributed by atoms with Crippen LogP contribution in [0.1, 0.15) is 0 Å². The lowest BCUT2D eigenvalue weighted by molar-refractivity contribution is 0.629. The molecule has 0 amide bonds. The van der Waals surface area contributed by atoms with Gasteiger partial charge in [-0.15, -0.1) is 0 Å². The number of nitrogens with zero attached hydrogens (tertiary/aromatic N) is 4. The number of hydrogen-bond acceptors (Lipinski definition) is 5. The van der Waals surface area contributed by atoms with Gasteiger partial charge >= 0.3 is 0 Å². The van der Waals surface area contributed by atoms with Crippen LogP contribution in [0.15, 0.2) is 35.3 Å². The third kappa shape index (κ3) is 2.45. The summed E-state index contributed by atoms with van der Waals surface area (Å²) in [6, 6.07) is 5.50. The van der Waals surface area contributed by atoms with E-state index in [1.807, 2.05) is 14.1 Å². The van der Waals surface area contributed by atoms with Gasteiger partial charge in [0.15, 0.2) is 5.82 Å². The Kier molecular flexibility index (Phi) is 3.09. The highest BCUT2D eigenvalue weighted by Gasteiger charge is 2.09. The molecule has 21 heavy (non-hydrogen) atoms. The fraction of sp³-hybridized carbons (Fsp3) is 0.143. The topological polar surface area (TPSA) is 74.8 Å². The lowest BCUT2D eigenvalue weighted by atomic mass is 10.2. The Labute approximate surface area is 119 Å². The van der Waals surface area contributed by atoms with Crippen molar-refractivity contribution in [2.75, 3.05) is 19.0 Å². The number of nitrogens with one attached hydrogen (secondary N) is 1. The van der Waals surface area contributed by atoms with Crippen molar-refractivity contribution in [1.29, 1.82) is 0 Å². The average molecular weight is 285 g/mol. The number of hydrogen-bond donors (Lipinski definition) is 1. The fourth-order valence-corrected chi connectivity index (χ4v) is 1.93. The van der Waals surface area contributed by atoms with E-state index in [0.717, 1.165) is 0 Å². The van der Waals surface area contributed by atoms with Crippen molar-refractivity contribution in [3.05, 3.63) is 46.6 Å². The van der Waals surface area contributed by atoms with Crippen molar-refractivity contribution >= 4 is 16.9 Å².